The molecule has 0 aliphatic carbocycles. The molecule has 1 saturated heterocycles. The molecule has 1 aromatic rings. The first-order valence-electron chi connectivity index (χ1n) is 9.10. The fraction of sp³-hybridized carbons (Fsp3) is 0.706. The zero-order valence-electron chi connectivity index (χ0n) is 15.4. The van der Waals surface area contributed by atoms with E-state index in [1.54, 1.807) is 12.4 Å². The van der Waals surface area contributed by atoms with Crippen molar-refractivity contribution in [3.63, 3.8) is 0 Å². The molecule has 2 N–H and O–H groups in total. The number of nitrogens with zero attached hydrogens (tertiary/aromatic N) is 5. The first kappa shape index (κ1) is 21.9. The zero-order chi connectivity index (χ0) is 17.0. The third-order valence-electron chi connectivity index (χ3n) is 4.05. The van der Waals surface area contributed by atoms with E-state index in [-0.39, 0.29) is 24.0 Å². The van der Waals surface area contributed by atoms with Crippen molar-refractivity contribution in [3.8, 4) is 0 Å². The lowest BCUT2D eigenvalue weighted by Gasteiger charge is -2.34. The standard InChI is InChI=1S/C17H31N7.HI/c1-3-5-7-19-16(18-4-2)20-10-11-23-12-14-24(15-13-23)17-21-8-6-9-22-17;/h6,8-9H,3-5,7,10-15H2,1-2H3,(H2,18,19,20);1H. The van der Waals surface area contributed by atoms with Gasteiger partial charge in [-0.3, -0.25) is 9.89 Å². The SMILES string of the molecule is CCCCN=C(NCC)NCCN1CCN(c2ncccn2)CC1.I. The topological polar surface area (TPSA) is 68.7 Å². The summed E-state index contributed by atoms with van der Waals surface area (Å²) >= 11 is 0. The van der Waals surface area contributed by atoms with E-state index in [4.69, 9.17) is 0 Å². The Morgan fingerprint density at radius 2 is 1.84 bits per heavy atom. The lowest BCUT2D eigenvalue weighted by atomic mass is 10.3. The maximum absolute atomic E-state index is 4.59. The highest BCUT2D eigenvalue weighted by Gasteiger charge is 2.18. The second-order valence-corrected chi connectivity index (χ2v) is 5.92. The van der Waals surface area contributed by atoms with Gasteiger partial charge in [-0.05, 0) is 19.4 Å². The maximum Gasteiger partial charge on any atom is 0.225 e. The largest absolute Gasteiger partial charge is 0.357 e. The average molecular weight is 461 g/mol. The Morgan fingerprint density at radius 1 is 1.12 bits per heavy atom. The molecule has 0 atom stereocenters. The normalized spacial score (nSPS) is 15.6. The minimum Gasteiger partial charge on any atom is -0.357 e. The minimum absolute atomic E-state index is 0. The van der Waals surface area contributed by atoms with Gasteiger partial charge in [0.05, 0.1) is 0 Å². The summed E-state index contributed by atoms with van der Waals surface area (Å²) in [5.74, 6) is 1.77. The summed E-state index contributed by atoms with van der Waals surface area (Å²) in [4.78, 5) is 18.0. The number of unbranched alkanes of at least 4 members (excludes halogenated alkanes) is 1. The molecule has 2 rings (SSSR count). The second-order valence-electron chi connectivity index (χ2n) is 5.92. The Balaban J connectivity index is 0.00000312. The Labute approximate surface area is 168 Å². The third-order valence-corrected chi connectivity index (χ3v) is 4.05. The summed E-state index contributed by atoms with van der Waals surface area (Å²) in [7, 11) is 0. The Morgan fingerprint density at radius 3 is 2.48 bits per heavy atom. The molecule has 0 aromatic carbocycles. The van der Waals surface area contributed by atoms with Gasteiger partial charge in [-0.1, -0.05) is 13.3 Å². The van der Waals surface area contributed by atoms with Crippen molar-refractivity contribution >= 4 is 35.9 Å². The van der Waals surface area contributed by atoms with Gasteiger partial charge < -0.3 is 15.5 Å². The predicted molar refractivity (Wildman–Crippen MR) is 115 cm³/mol. The highest BCUT2D eigenvalue weighted by atomic mass is 127. The van der Waals surface area contributed by atoms with Gasteiger partial charge in [-0.2, -0.15) is 0 Å². The maximum atomic E-state index is 4.59. The van der Waals surface area contributed by atoms with Crippen molar-refractivity contribution in [1.82, 2.24) is 25.5 Å². The Hall–Kier alpha value is -1.16. The lowest BCUT2D eigenvalue weighted by Crippen LogP contribution is -2.49. The fourth-order valence-electron chi connectivity index (χ4n) is 2.65. The van der Waals surface area contributed by atoms with Gasteiger partial charge in [0, 0.05) is 64.8 Å². The van der Waals surface area contributed by atoms with E-state index in [9.17, 15) is 0 Å². The second kappa shape index (κ2) is 13.1. The van der Waals surface area contributed by atoms with Crippen LogP contribution in [0.3, 0.4) is 0 Å². The number of anilines is 1. The number of hydrogen-bond donors (Lipinski definition) is 2. The van der Waals surface area contributed by atoms with Crippen LogP contribution in [0.4, 0.5) is 5.95 Å². The number of hydrogen-bond acceptors (Lipinski definition) is 5. The smallest absolute Gasteiger partial charge is 0.225 e. The number of nitrogens with one attached hydrogen (secondary N) is 2. The molecule has 2 heterocycles. The van der Waals surface area contributed by atoms with Crippen LogP contribution in [0.15, 0.2) is 23.5 Å². The summed E-state index contributed by atoms with van der Waals surface area (Å²) in [6, 6.07) is 1.86. The van der Waals surface area contributed by atoms with Crippen LogP contribution in [-0.2, 0) is 0 Å². The summed E-state index contributed by atoms with van der Waals surface area (Å²) in [6.45, 7) is 12.1. The van der Waals surface area contributed by atoms with E-state index in [1.807, 2.05) is 6.07 Å². The molecular formula is C17H32IN7. The van der Waals surface area contributed by atoms with Gasteiger partial charge in [0.1, 0.15) is 0 Å². The first-order chi connectivity index (χ1) is 11.8. The molecule has 0 amide bonds. The van der Waals surface area contributed by atoms with E-state index in [1.165, 1.54) is 6.42 Å². The van der Waals surface area contributed by atoms with Gasteiger partial charge in [-0.15, -0.1) is 24.0 Å². The van der Waals surface area contributed by atoms with E-state index in [0.29, 0.717) is 0 Å². The van der Waals surface area contributed by atoms with Gasteiger partial charge in [0.2, 0.25) is 5.95 Å². The van der Waals surface area contributed by atoms with Gasteiger partial charge in [-0.25, -0.2) is 9.97 Å². The van der Waals surface area contributed by atoms with Crippen LogP contribution in [0.5, 0.6) is 0 Å². The number of halogens is 1. The molecule has 25 heavy (non-hydrogen) atoms. The van der Waals surface area contributed by atoms with Crippen molar-refractivity contribution < 1.29 is 0 Å². The molecule has 1 fully saturated rings. The molecule has 7 nitrogen and oxygen atoms in total. The predicted octanol–water partition coefficient (Wildman–Crippen LogP) is 1.57. The van der Waals surface area contributed by atoms with E-state index >= 15 is 0 Å². The van der Waals surface area contributed by atoms with Crippen molar-refractivity contribution in [1.29, 1.82) is 0 Å². The third kappa shape index (κ3) is 8.17. The molecule has 0 radical (unpaired) electrons. The number of aromatic nitrogens is 2. The first-order valence-corrected chi connectivity index (χ1v) is 9.10. The van der Waals surface area contributed by atoms with Crippen molar-refractivity contribution in [2.24, 2.45) is 4.99 Å². The molecule has 0 bridgehead atoms. The molecule has 1 aromatic heterocycles. The summed E-state index contributed by atoms with van der Waals surface area (Å²) in [6.07, 6.45) is 5.93. The van der Waals surface area contributed by atoms with E-state index in [0.717, 1.165) is 70.7 Å². The van der Waals surface area contributed by atoms with Crippen LogP contribution >= 0.6 is 24.0 Å². The van der Waals surface area contributed by atoms with Crippen molar-refractivity contribution in [3.05, 3.63) is 18.5 Å². The summed E-state index contributed by atoms with van der Waals surface area (Å²) in [5.41, 5.74) is 0. The van der Waals surface area contributed by atoms with E-state index < -0.39 is 0 Å². The van der Waals surface area contributed by atoms with Crippen LogP contribution in [0.25, 0.3) is 0 Å². The number of piperazine rings is 1. The number of guanidine groups is 1. The molecule has 1 aliphatic rings. The molecule has 0 saturated carbocycles. The van der Waals surface area contributed by atoms with Crippen LogP contribution in [0.1, 0.15) is 26.7 Å². The van der Waals surface area contributed by atoms with E-state index in [2.05, 4.69) is 49.2 Å². The van der Waals surface area contributed by atoms with Crippen LogP contribution in [-0.4, -0.2) is 73.2 Å². The molecule has 0 spiro atoms. The monoisotopic (exact) mass is 461 g/mol. The van der Waals surface area contributed by atoms with Gasteiger partial charge >= 0.3 is 0 Å². The van der Waals surface area contributed by atoms with Crippen LogP contribution in [0.2, 0.25) is 0 Å². The van der Waals surface area contributed by atoms with Crippen molar-refractivity contribution in [2.45, 2.75) is 26.7 Å². The molecule has 1 aliphatic heterocycles. The number of aliphatic imine (C=N–C) groups is 1. The highest BCUT2D eigenvalue weighted by molar-refractivity contribution is 14.0. The summed E-state index contributed by atoms with van der Waals surface area (Å²) in [5, 5.41) is 6.73. The van der Waals surface area contributed by atoms with Crippen LogP contribution in [0, 0.1) is 0 Å². The molecule has 142 valence electrons. The van der Waals surface area contributed by atoms with Gasteiger partial charge in [0.25, 0.3) is 0 Å². The highest BCUT2D eigenvalue weighted by Crippen LogP contribution is 2.08. The minimum atomic E-state index is 0. The Kier molecular flexibility index (Phi) is 11.5. The molecule has 0 unspecified atom stereocenters. The van der Waals surface area contributed by atoms with Crippen LogP contribution < -0.4 is 15.5 Å². The zero-order valence-corrected chi connectivity index (χ0v) is 17.8. The average Bonchev–Trinajstić information content (AvgIpc) is 2.63. The van der Waals surface area contributed by atoms with Crippen molar-refractivity contribution in [2.75, 3.05) is 57.3 Å². The lowest BCUT2D eigenvalue weighted by molar-refractivity contribution is 0.260. The number of rotatable bonds is 8. The molecular weight excluding hydrogens is 429 g/mol. The fourth-order valence-corrected chi connectivity index (χ4v) is 2.65. The quantitative estimate of drug-likeness (QED) is 0.265. The molecule has 8 heteroatoms. The summed E-state index contributed by atoms with van der Waals surface area (Å²) < 4.78 is 0. The Bertz CT molecular complexity index is 475. The van der Waals surface area contributed by atoms with Gasteiger partial charge in [0.15, 0.2) is 5.96 Å².